The Morgan fingerprint density at radius 2 is 1.96 bits per heavy atom. The van der Waals surface area contributed by atoms with Crippen LogP contribution in [-0.4, -0.2) is 20.7 Å². The number of aromatic nitrogens is 3. The van der Waals surface area contributed by atoms with Crippen LogP contribution in [-0.2, 0) is 11.2 Å². The smallest absolute Gasteiger partial charge is 0.226 e. The second-order valence-electron chi connectivity index (χ2n) is 7.12. The summed E-state index contributed by atoms with van der Waals surface area (Å²) in [6, 6.07) is 16.6. The van der Waals surface area contributed by atoms with Gasteiger partial charge in [-0.1, -0.05) is 54.7 Å². The van der Waals surface area contributed by atoms with Gasteiger partial charge in [0, 0.05) is 17.9 Å². The van der Waals surface area contributed by atoms with E-state index >= 15 is 0 Å². The summed E-state index contributed by atoms with van der Waals surface area (Å²) in [5, 5.41) is 8.57. The van der Waals surface area contributed by atoms with Crippen LogP contribution in [0.25, 0.3) is 15.3 Å². The Kier molecular flexibility index (Phi) is 4.02. The maximum Gasteiger partial charge on any atom is 0.226 e. The number of para-hydroxylation sites is 1. The van der Waals surface area contributed by atoms with Gasteiger partial charge in [0.25, 0.3) is 0 Å². The molecule has 1 aliphatic rings. The summed E-state index contributed by atoms with van der Waals surface area (Å²) in [5.41, 5.74) is 5.41. The number of nitrogens with zero attached hydrogens (tertiary/aromatic N) is 3. The number of aryl methyl sites for hydroxylation is 2. The zero-order valence-electron chi connectivity index (χ0n) is 15.8. The molecule has 0 aliphatic carbocycles. The molecule has 4 aromatic rings. The van der Waals surface area contributed by atoms with Crippen LogP contribution in [0.2, 0.25) is 0 Å². The Labute approximate surface area is 167 Å². The number of thiazole rings is 1. The molecule has 1 aliphatic heterocycles. The predicted molar refractivity (Wildman–Crippen MR) is 112 cm³/mol. The van der Waals surface area contributed by atoms with E-state index in [9.17, 15) is 4.79 Å². The summed E-state index contributed by atoms with van der Waals surface area (Å²) in [7, 11) is 0. The van der Waals surface area contributed by atoms with Crippen LogP contribution >= 0.6 is 11.3 Å². The van der Waals surface area contributed by atoms with Gasteiger partial charge in [-0.3, -0.25) is 4.79 Å². The molecule has 3 heterocycles. The summed E-state index contributed by atoms with van der Waals surface area (Å²) >= 11 is 1.58. The van der Waals surface area contributed by atoms with Crippen molar-refractivity contribution in [1.82, 2.24) is 14.8 Å². The molecular weight excluding hydrogens is 368 g/mol. The number of benzene rings is 2. The van der Waals surface area contributed by atoms with E-state index in [0.717, 1.165) is 44.4 Å². The van der Waals surface area contributed by atoms with E-state index in [1.54, 1.807) is 16.0 Å². The first-order chi connectivity index (χ1) is 13.6. The Morgan fingerprint density at radius 3 is 2.71 bits per heavy atom. The number of anilines is 1. The van der Waals surface area contributed by atoms with Crippen molar-refractivity contribution in [3.63, 3.8) is 0 Å². The van der Waals surface area contributed by atoms with Crippen LogP contribution < -0.4 is 5.32 Å². The van der Waals surface area contributed by atoms with Crippen molar-refractivity contribution in [3.8, 4) is 5.13 Å². The molecule has 0 fully saturated rings. The van der Waals surface area contributed by atoms with E-state index in [0.29, 0.717) is 6.42 Å². The Morgan fingerprint density at radius 1 is 1.18 bits per heavy atom. The molecule has 2 aromatic heterocycles. The summed E-state index contributed by atoms with van der Waals surface area (Å²) in [5.74, 6) is 0.773. The molecule has 140 valence electrons. The second kappa shape index (κ2) is 6.56. The second-order valence-corrected chi connectivity index (χ2v) is 8.13. The summed E-state index contributed by atoms with van der Waals surface area (Å²) in [6.45, 7) is 4.15. The monoisotopic (exact) mass is 388 g/mol. The lowest BCUT2D eigenvalue weighted by atomic mass is 9.85. The zero-order chi connectivity index (χ0) is 19.3. The lowest BCUT2D eigenvalue weighted by Gasteiger charge is -2.24. The third-order valence-corrected chi connectivity index (χ3v) is 6.37. The van der Waals surface area contributed by atoms with Crippen molar-refractivity contribution in [2.75, 3.05) is 5.32 Å². The van der Waals surface area contributed by atoms with Crippen molar-refractivity contribution in [2.45, 2.75) is 32.6 Å². The molecule has 0 saturated heterocycles. The standard InChI is InChI=1S/C22H20N4OS/c1-3-14-8-10-15(11-9-14)16-12-19(27)24-21-20(16)13(2)25-26(21)22-23-17-6-4-5-7-18(17)28-22/h4-11,16H,3,12H2,1-2H3,(H,24,27). The third kappa shape index (κ3) is 2.72. The first-order valence-electron chi connectivity index (χ1n) is 9.48. The first-order valence-corrected chi connectivity index (χ1v) is 10.3. The molecular formula is C22H20N4OS. The van der Waals surface area contributed by atoms with Gasteiger partial charge in [0.1, 0.15) is 5.82 Å². The molecule has 0 spiro atoms. The van der Waals surface area contributed by atoms with Gasteiger partial charge in [0.05, 0.1) is 15.9 Å². The van der Waals surface area contributed by atoms with E-state index in [-0.39, 0.29) is 11.8 Å². The van der Waals surface area contributed by atoms with Gasteiger partial charge in [-0.05, 0) is 36.6 Å². The molecule has 28 heavy (non-hydrogen) atoms. The number of fused-ring (bicyclic) bond motifs is 2. The van der Waals surface area contributed by atoms with E-state index in [4.69, 9.17) is 10.1 Å². The SMILES string of the molecule is CCc1ccc(C2CC(=O)Nc3c2c(C)nn3-c2nc3ccccc3s2)cc1. The summed E-state index contributed by atoms with van der Waals surface area (Å²) in [4.78, 5) is 17.2. The predicted octanol–water partition coefficient (Wildman–Crippen LogP) is 4.83. The highest BCUT2D eigenvalue weighted by Gasteiger charge is 2.33. The fourth-order valence-electron chi connectivity index (χ4n) is 3.91. The number of hydrogen-bond acceptors (Lipinski definition) is 4. The highest BCUT2D eigenvalue weighted by Crippen LogP contribution is 2.41. The van der Waals surface area contributed by atoms with Crippen LogP contribution in [0.4, 0.5) is 5.82 Å². The van der Waals surface area contributed by atoms with Crippen molar-refractivity contribution in [2.24, 2.45) is 0 Å². The fraction of sp³-hybridized carbons (Fsp3) is 0.227. The quantitative estimate of drug-likeness (QED) is 0.547. The molecule has 0 radical (unpaired) electrons. The maximum absolute atomic E-state index is 12.5. The van der Waals surface area contributed by atoms with Crippen molar-refractivity contribution < 1.29 is 4.79 Å². The number of carbonyl (C=O) groups excluding carboxylic acids is 1. The van der Waals surface area contributed by atoms with E-state index in [1.807, 2.05) is 25.1 Å². The van der Waals surface area contributed by atoms with Gasteiger partial charge in [0.2, 0.25) is 11.0 Å². The summed E-state index contributed by atoms with van der Waals surface area (Å²) in [6.07, 6.45) is 1.44. The molecule has 1 N–H and O–H groups in total. The molecule has 6 heteroatoms. The van der Waals surface area contributed by atoms with Crippen LogP contribution in [0.1, 0.15) is 41.6 Å². The molecule has 1 atom stereocenters. The first kappa shape index (κ1) is 17.1. The topological polar surface area (TPSA) is 59.8 Å². The minimum atomic E-state index is 0.0118. The number of carbonyl (C=O) groups is 1. The normalized spacial score (nSPS) is 16.2. The largest absolute Gasteiger partial charge is 0.310 e. The lowest BCUT2D eigenvalue weighted by Crippen LogP contribution is -2.24. The number of rotatable bonds is 3. The zero-order valence-corrected chi connectivity index (χ0v) is 16.6. The van der Waals surface area contributed by atoms with Crippen LogP contribution in [0.3, 0.4) is 0 Å². The summed E-state index contributed by atoms with van der Waals surface area (Å²) < 4.78 is 2.90. The average molecular weight is 388 g/mol. The lowest BCUT2D eigenvalue weighted by molar-refractivity contribution is -0.116. The molecule has 5 nitrogen and oxygen atoms in total. The third-order valence-electron chi connectivity index (χ3n) is 5.36. The minimum Gasteiger partial charge on any atom is -0.310 e. The van der Waals surface area contributed by atoms with E-state index in [1.165, 1.54) is 5.56 Å². The fourth-order valence-corrected chi connectivity index (χ4v) is 4.83. The van der Waals surface area contributed by atoms with E-state index < -0.39 is 0 Å². The van der Waals surface area contributed by atoms with Gasteiger partial charge in [-0.15, -0.1) is 0 Å². The van der Waals surface area contributed by atoms with Gasteiger partial charge in [-0.25, -0.2) is 4.98 Å². The maximum atomic E-state index is 12.5. The Hall–Kier alpha value is -2.99. The molecule has 5 rings (SSSR count). The Bertz CT molecular complexity index is 1160. The minimum absolute atomic E-state index is 0.0118. The number of hydrogen-bond donors (Lipinski definition) is 1. The molecule has 1 amide bonds. The van der Waals surface area contributed by atoms with Gasteiger partial charge < -0.3 is 5.32 Å². The van der Waals surface area contributed by atoms with Gasteiger partial charge in [0.15, 0.2) is 0 Å². The van der Waals surface area contributed by atoms with E-state index in [2.05, 4.69) is 42.6 Å². The van der Waals surface area contributed by atoms with Crippen molar-refractivity contribution in [3.05, 3.63) is 70.9 Å². The average Bonchev–Trinajstić information content (AvgIpc) is 3.28. The number of amides is 1. The number of nitrogens with one attached hydrogen (secondary N) is 1. The van der Waals surface area contributed by atoms with Crippen LogP contribution in [0.5, 0.6) is 0 Å². The van der Waals surface area contributed by atoms with Gasteiger partial charge >= 0.3 is 0 Å². The van der Waals surface area contributed by atoms with Crippen molar-refractivity contribution >= 4 is 33.3 Å². The highest BCUT2D eigenvalue weighted by molar-refractivity contribution is 7.20. The van der Waals surface area contributed by atoms with Gasteiger partial charge in [-0.2, -0.15) is 9.78 Å². The Balaban J connectivity index is 1.64. The highest BCUT2D eigenvalue weighted by atomic mass is 32.1. The molecule has 0 bridgehead atoms. The molecule has 1 unspecified atom stereocenters. The molecule has 0 saturated carbocycles. The van der Waals surface area contributed by atoms with Crippen LogP contribution in [0.15, 0.2) is 48.5 Å². The molecule has 2 aromatic carbocycles. The van der Waals surface area contributed by atoms with Crippen molar-refractivity contribution in [1.29, 1.82) is 0 Å². The van der Waals surface area contributed by atoms with Crippen LogP contribution in [0, 0.1) is 6.92 Å².